The first-order valence-corrected chi connectivity index (χ1v) is 6.87. The molecule has 0 amide bonds. The van der Waals surface area contributed by atoms with Crippen LogP contribution in [0.4, 0.5) is 0 Å². The molecule has 17 heavy (non-hydrogen) atoms. The highest BCUT2D eigenvalue weighted by Gasteiger charge is 2.22. The fourth-order valence-electron chi connectivity index (χ4n) is 2.20. The summed E-state index contributed by atoms with van der Waals surface area (Å²) >= 11 is 3.54. The molecule has 0 atom stereocenters. The normalized spacial score (nSPS) is 13.1. The summed E-state index contributed by atoms with van der Waals surface area (Å²) < 4.78 is 12.0. The molecular weight excluding hydrogens is 282 g/mol. The van der Waals surface area contributed by atoms with Crippen LogP contribution in [0, 0.1) is 0 Å². The van der Waals surface area contributed by atoms with Gasteiger partial charge in [0, 0.05) is 5.56 Å². The summed E-state index contributed by atoms with van der Waals surface area (Å²) in [5.74, 6) is 1.77. The van der Waals surface area contributed by atoms with Crippen molar-refractivity contribution in [3.05, 3.63) is 21.7 Å². The fraction of sp³-hybridized carbons (Fsp3) is 0.538. The number of unbranched alkanes of at least 4 members (excludes halogenated alkanes) is 1. The van der Waals surface area contributed by atoms with E-state index < -0.39 is 0 Å². The van der Waals surface area contributed by atoms with Crippen LogP contribution in [0.15, 0.2) is 10.5 Å². The Morgan fingerprint density at radius 2 is 2.06 bits per heavy atom. The highest BCUT2D eigenvalue weighted by atomic mass is 79.9. The van der Waals surface area contributed by atoms with Gasteiger partial charge in [0.05, 0.1) is 4.47 Å². The van der Waals surface area contributed by atoms with Gasteiger partial charge in [-0.2, -0.15) is 0 Å². The fourth-order valence-corrected chi connectivity index (χ4v) is 2.77. The molecule has 0 unspecified atom stereocenters. The molecule has 94 valence electrons. The monoisotopic (exact) mass is 299 g/mol. The van der Waals surface area contributed by atoms with Gasteiger partial charge in [0.15, 0.2) is 11.5 Å². The van der Waals surface area contributed by atoms with Crippen LogP contribution in [0.1, 0.15) is 30.9 Å². The molecule has 0 spiro atoms. The molecule has 1 heterocycles. The number of hydrogen-bond donors (Lipinski definition) is 1. The predicted octanol–water partition coefficient (Wildman–Crippen LogP) is 3.02. The van der Waals surface area contributed by atoms with E-state index in [1.807, 2.05) is 0 Å². The molecule has 4 heteroatoms. The van der Waals surface area contributed by atoms with Crippen molar-refractivity contribution in [1.29, 1.82) is 0 Å². The minimum atomic E-state index is 0.327. The maximum absolute atomic E-state index is 5.57. The van der Waals surface area contributed by atoms with Gasteiger partial charge in [0.25, 0.3) is 0 Å². The van der Waals surface area contributed by atoms with Crippen molar-refractivity contribution in [2.24, 2.45) is 5.73 Å². The average Bonchev–Trinajstić information content (AvgIpc) is 2.79. The van der Waals surface area contributed by atoms with Gasteiger partial charge in [-0.15, -0.1) is 0 Å². The second-order valence-electron chi connectivity index (χ2n) is 4.16. The molecule has 0 saturated heterocycles. The van der Waals surface area contributed by atoms with Gasteiger partial charge >= 0.3 is 0 Å². The standard InChI is InChI=1S/C13H18BrNO2/c1-2-10-9(5-3-4-6-15)7-11(14)13-12(10)16-8-17-13/h7H,2-6,8,15H2,1H3. The molecule has 2 rings (SSSR count). The van der Waals surface area contributed by atoms with Crippen molar-refractivity contribution in [3.8, 4) is 11.5 Å². The minimum absolute atomic E-state index is 0.327. The van der Waals surface area contributed by atoms with Crippen molar-refractivity contribution in [2.45, 2.75) is 32.6 Å². The number of halogens is 1. The Bertz CT molecular complexity index is 407. The number of fused-ring (bicyclic) bond motifs is 1. The van der Waals surface area contributed by atoms with E-state index in [9.17, 15) is 0 Å². The van der Waals surface area contributed by atoms with Gasteiger partial charge in [-0.3, -0.25) is 0 Å². The number of benzene rings is 1. The van der Waals surface area contributed by atoms with E-state index in [0.717, 1.165) is 48.2 Å². The summed E-state index contributed by atoms with van der Waals surface area (Å²) in [4.78, 5) is 0. The number of rotatable bonds is 5. The quantitative estimate of drug-likeness (QED) is 0.850. The van der Waals surface area contributed by atoms with Crippen LogP contribution >= 0.6 is 15.9 Å². The van der Waals surface area contributed by atoms with Gasteiger partial charge in [-0.05, 0) is 59.8 Å². The minimum Gasteiger partial charge on any atom is -0.453 e. The van der Waals surface area contributed by atoms with Crippen molar-refractivity contribution in [3.63, 3.8) is 0 Å². The van der Waals surface area contributed by atoms with E-state index in [-0.39, 0.29) is 0 Å². The first-order chi connectivity index (χ1) is 8.27. The second kappa shape index (κ2) is 5.74. The number of hydrogen-bond acceptors (Lipinski definition) is 3. The van der Waals surface area contributed by atoms with E-state index in [1.165, 1.54) is 11.1 Å². The molecule has 1 aliphatic rings. The Kier molecular flexibility index (Phi) is 4.29. The average molecular weight is 300 g/mol. The van der Waals surface area contributed by atoms with Crippen LogP contribution in [0.2, 0.25) is 0 Å². The van der Waals surface area contributed by atoms with Gasteiger partial charge in [-0.1, -0.05) is 6.92 Å². The molecule has 0 bridgehead atoms. The van der Waals surface area contributed by atoms with E-state index in [1.54, 1.807) is 0 Å². The summed E-state index contributed by atoms with van der Waals surface area (Å²) in [5, 5.41) is 0. The lowest BCUT2D eigenvalue weighted by Gasteiger charge is -2.12. The molecule has 0 saturated carbocycles. The van der Waals surface area contributed by atoms with E-state index >= 15 is 0 Å². The zero-order valence-electron chi connectivity index (χ0n) is 10.1. The Morgan fingerprint density at radius 1 is 1.29 bits per heavy atom. The van der Waals surface area contributed by atoms with Crippen LogP contribution in [0.25, 0.3) is 0 Å². The first-order valence-electron chi connectivity index (χ1n) is 6.07. The third-order valence-electron chi connectivity index (χ3n) is 3.05. The summed E-state index contributed by atoms with van der Waals surface area (Å²) in [6.07, 6.45) is 4.21. The van der Waals surface area contributed by atoms with Gasteiger partial charge < -0.3 is 15.2 Å². The summed E-state index contributed by atoms with van der Waals surface area (Å²) in [6.45, 7) is 3.23. The molecule has 1 aliphatic heterocycles. The smallest absolute Gasteiger partial charge is 0.231 e. The first kappa shape index (κ1) is 12.7. The Labute approximate surface area is 110 Å². The summed E-state index contributed by atoms with van der Waals surface area (Å²) in [5.41, 5.74) is 8.15. The molecule has 1 aromatic rings. The third kappa shape index (κ3) is 2.58. The van der Waals surface area contributed by atoms with Gasteiger partial charge in [0.1, 0.15) is 0 Å². The Morgan fingerprint density at radius 3 is 2.76 bits per heavy atom. The maximum Gasteiger partial charge on any atom is 0.231 e. The van der Waals surface area contributed by atoms with Gasteiger partial charge in [-0.25, -0.2) is 0 Å². The third-order valence-corrected chi connectivity index (χ3v) is 3.64. The molecule has 2 N–H and O–H groups in total. The number of nitrogens with two attached hydrogens (primary N) is 1. The zero-order valence-corrected chi connectivity index (χ0v) is 11.7. The molecule has 3 nitrogen and oxygen atoms in total. The van der Waals surface area contributed by atoms with Gasteiger partial charge in [0.2, 0.25) is 6.79 Å². The van der Waals surface area contributed by atoms with Crippen LogP contribution in [-0.4, -0.2) is 13.3 Å². The lowest BCUT2D eigenvalue weighted by atomic mass is 9.98. The molecule has 1 aromatic carbocycles. The van der Waals surface area contributed by atoms with E-state index in [0.29, 0.717) is 6.79 Å². The predicted molar refractivity (Wildman–Crippen MR) is 71.6 cm³/mol. The lowest BCUT2D eigenvalue weighted by Crippen LogP contribution is -2.01. The van der Waals surface area contributed by atoms with E-state index in [2.05, 4.69) is 28.9 Å². The van der Waals surface area contributed by atoms with Crippen molar-refractivity contribution in [2.75, 3.05) is 13.3 Å². The largest absolute Gasteiger partial charge is 0.453 e. The number of aryl methyl sites for hydroxylation is 1. The van der Waals surface area contributed by atoms with Crippen LogP contribution in [0.3, 0.4) is 0 Å². The number of ether oxygens (including phenoxy) is 2. The summed E-state index contributed by atoms with van der Waals surface area (Å²) in [6, 6.07) is 2.16. The second-order valence-corrected chi connectivity index (χ2v) is 5.01. The van der Waals surface area contributed by atoms with E-state index in [4.69, 9.17) is 15.2 Å². The Balaban J connectivity index is 2.28. The van der Waals surface area contributed by atoms with Crippen molar-refractivity contribution in [1.82, 2.24) is 0 Å². The summed E-state index contributed by atoms with van der Waals surface area (Å²) in [7, 11) is 0. The van der Waals surface area contributed by atoms with Crippen molar-refractivity contribution >= 4 is 15.9 Å². The lowest BCUT2D eigenvalue weighted by molar-refractivity contribution is 0.173. The highest BCUT2D eigenvalue weighted by molar-refractivity contribution is 9.10. The zero-order chi connectivity index (χ0) is 12.3. The van der Waals surface area contributed by atoms with Crippen LogP contribution < -0.4 is 15.2 Å². The topological polar surface area (TPSA) is 44.5 Å². The molecule has 0 aromatic heterocycles. The van der Waals surface area contributed by atoms with Crippen LogP contribution in [0.5, 0.6) is 11.5 Å². The molecule has 0 fully saturated rings. The molecule has 0 radical (unpaired) electrons. The highest BCUT2D eigenvalue weighted by Crippen LogP contribution is 2.44. The van der Waals surface area contributed by atoms with Crippen LogP contribution in [-0.2, 0) is 12.8 Å². The molecule has 0 aliphatic carbocycles. The van der Waals surface area contributed by atoms with Crippen molar-refractivity contribution < 1.29 is 9.47 Å². The Hall–Kier alpha value is -0.740. The SMILES string of the molecule is CCc1c(CCCCN)cc(Br)c2c1OCO2. The molecular formula is C13H18BrNO2. The maximum atomic E-state index is 5.57.